The molecule has 0 unspecified atom stereocenters. The van der Waals surface area contributed by atoms with Crippen molar-refractivity contribution in [1.29, 1.82) is 0 Å². The summed E-state index contributed by atoms with van der Waals surface area (Å²) < 4.78 is 1.56. The molecule has 1 aromatic rings. The number of halogens is 1. The van der Waals surface area contributed by atoms with Crippen LogP contribution in [0.2, 0.25) is 0 Å². The van der Waals surface area contributed by atoms with Gasteiger partial charge >= 0.3 is 0 Å². The van der Waals surface area contributed by atoms with Gasteiger partial charge in [0.2, 0.25) is 0 Å². The highest BCUT2D eigenvalue weighted by molar-refractivity contribution is 9.09. The average Bonchev–Trinajstić information content (AvgIpc) is 2.28. The quantitative estimate of drug-likeness (QED) is 0.749. The zero-order valence-corrected chi connectivity index (χ0v) is 11.4. The molecule has 0 N–H and O–H groups in total. The number of aromatic nitrogens is 2. The van der Waals surface area contributed by atoms with Crippen molar-refractivity contribution in [2.75, 3.05) is 23.3 Å². The first-order chi connectivity index (χ1) is 7.70. The van der Waals surface area contributed by atoms with Crippen LogP contribution in [-0.2, 0) is 7.05 Å². The van der Waals surface area contributed by atoms with Crippen LogP contribution < -0.4 is 10.5 Å². The Morgan fingerprint density at radius 2 is 2.25 bits per heavy atom. The van der Waals surface area contributed by atoms with E-state index in [1.54, 1.807) is 24.0 Å². The van der Waals surface area contributed by atoms with Gasteiger partial charge in [0, 0.05) is 37.9 Å². The molecular weight excluding hydrogens is 270 g/mol. The predicted molar refractivity (Wildman–Crippen MR) is 70.4 cm³/mol. The molecular formula is C11H18BrN3O. The van der Waals surface area contributed by atoms with Gasteiger partial charge in [-0.2, -0.15) is 0 Å². The second-order valence-electron chi connectivity index (χ2n) is 3.70. The van der Waals surface area contributed by atoms with E-state index in [9.17, 15) is 4.79 Å². The summed E-state index contributed by atoms with van der Waals surface area (Å²) in [5.41, 5.74) is -0.0282. The maximum atomic E-state index is 11.9. The molecule has 90 valence electrons. The SMILES string of the molecule is CCCCN(CCBr)c1nccn(C)c1=O. The number of anilines is 1. The number of alkyl halides is 1. The zero-order valence-electron chi connectivity index (χ0n) is 9.82. The molecule has 0 radical (unpaired) electrons. The van der Waals surface area contributed by atoms with Crippen LogP contribution in [0.3, 0.4) is 0 Å². The molecule has 0 saturated carbocycles. The van der Waals surface area contributed by atoms with E-state index in [0.717, 1.165) is 31.3 Å². The number of rotatable bonds is 6. The fourth-order valence-corrected chi connectivity index (χ4v) is 1.90. The van der Waals surface area contributed by atoms with Crippen molar-refractivity contribution in [3.63, 3.8) is 0 Å². The lowest BCUT2D eigenvalue weighted by molar-refractivity contribution is 0.711. The van der Waals surface area contributed by atoms with Crippen molar-refractivity contribution in [2.45, 2.75) is 19.8 Å². The molecule has 1 aromatic heterocycles. The summed E-state index contributed by atoms with van der Waals surface area (Å²) in [6, 6.07) is 0. The molecule has 0 fully saturated rings. The summed E-state index contributed by atoms with van der Waals surface area (Å²) in [4.78, 5) is 18.1. The number of unbranched alkanes of at least 4 members (excludes halogenated alkanes) is 1. The Balaban J connectivity index is 2.91. The molecule has 0 amide bonds. The highest BCUT2D eigenvalue weighted by Gasteiger charge is 2.11. The van der Waals surface area contributed by atoms with Crippen molar-refractivity contribution in [3.8, 4) is 0 Å². The molecule has 0 aliphatic rings. The van der Waals surface area contributed by atoms with Gasteiger partial charge in [-0.3, -0.25) is 4.79 Å². The van der Waals surface area contributed by atoms with Gasteiger partial charge in [-0.15, -0.1) is 0 Å². The molecule has 0 atom stereocenters. The van der Waals surface area contributed by atoms with E-state index in [-0.39, 0.29) is 5.56 Å². The van der Waals surface area contributed by atoms with Crippen molar-refractivity contribution in [1.82, 2.24) is 9.55 Å². The summed E-state index contributed by atoms with van der Waals surface area (Å²) in [7, 11) is 1.75. The topological polar surface area (TPSA) is 38.1 Å². The van der Waals surface area contributed by atoms with Crippen molar-refractivity contribution < 1.29 is 0 Å². The predicted octanol–water partition coefficient (Wildman–Crippen LogP) is 1.78. The highest BCUT2D eigenvalue weighted by atomic mass is 79.9. The second kappa shape index (κ2) is 6.68. The Kier molecular flexibility index (Phi) is 5.52. The third kappa shape index (κ3) is 3.33. The van der Waals surface area contributed by atoms with E-state index in [1.165, 1.54) is 0 Å². The third-order valence-electron chi connectivity index (χ3n) is 2.43. The zero-order chi connectivity index (χ0) is 12.0. The molecule has 0 saturated heterocycles. The minimum absolute atomic E-state index is 0.0282. The molecule has 1 heterocycles. The van der Waals surface area contributed by atoms with Gasteiger partial charge in [-0.05, 0) is 6.42 Å². The van der Waals surface area contributed by atoms with Crippen LogP contribution in [0.5, 0.6) is 0 Å². The van der Waals surface area contributed by atoms with Crippen LogP contribution in [0.25, 0.3) is 0 Å². The van der Waals surface area contributed by atoms with Gasteiger partial charge in [0.15, 0.2) is 5.82 Å². The fraction of sp³-hybridized carbons (Fsp3) is 0.636. The smallest absolute Gasteiger partial charge is 0.293 e. The van der Waals surface area contributed by atoms with Gasteiger partial charge in [0.05, 0.1) is 0 Å². The van der Waals surface area contributed by atoms with Crippen molar-refractivity contribution in [3.05, 3.63) is 22.7 Å². The van der Waals surface area contributed by atoms with Crippen LogP contribution in [0.1, 0.15) is 19.8 Å². The molecule has 16 heavy (non-hydrogen) atoms. The Morgan fingerprint density at radius 3 is 2.88 bits per heavy atom. The molecule has 5 heteroatoms. The first-order valence-corrected chi connectivity index (χ1v) is 6.65. The summed E-state index contributed by atoms with van der Waals surface area (Å²) in [6.07, 6.45) is 5.54. The maximum absolute atomic E-state index is 11.9. The van der Waals surface area contributed by atoms with E-state index < -0.39 is 0 Å². The van der Waals surface area contributed by atoms with Crippen LogP contribution in [0.15, 0.2) is 17.2 Å². The normalized spacial score (nSPS) is 10.4. The number of nitrogens with zero attached hydrogens (tertiary/aromatic N) is 3. The summed E-state index contributed by atoms with van der Waals surface area (Å²) >= 11 is 3.40. The molecule has 1 rings (SSSR count). The number of hydrogen-bond acceptors (Lipinski definition) is 3. The van der Waals surface area contributed by atoms with Crippen molar-refractivity contribution in [2.24, 2.45) is 7.05 Å². The molecule has 0 aliphatic heterocycles. The summed E-state index contributed by atoms with van der Waals surface area (Å²) in [5.74, 6) is 0.554. The van der Waals surface area contributed by atoms with Crippen LogP contribution in [0, 0.1) is 0 Å². The number of aryl methyl sites for hydroxylation is 1. The van der Waals surface area contributed by atoms with Crippen LogP contribution in [-0.4, -0.2) is 28.0 Å². The van der Waals surface area contributed by atoms with Crippen LogP contribution >= 0.6 is 15.9 Å². The molecule has 0 bridgehead atoms. The van der Waals surface area contributed by atoms with Crippen molar-refractivity contribution >= 4 is 21.7 Å². The van der Waals surface area contributed by atoms with Gasteiger partial charge in [0.25, 0.3) is 5.56 Å². The lowest BCUT2D eigenvalue weighted by atomic mass is 10.3. The summed E-state index contributed by atoms with van der Waals surface area (Å²) in [6.45, 7) is 3.84. The van der Waals surface area contributed by atoms with Gasteiger partial charge < -0.3 is 9.47 Å². The first-order valence-electron chi connectivity index (χ1n) is 5.53. The minimum atomic E-state index is -0.0282. The fourth-order valence-electron chi connectivity index (χ4n) is 1.48. The number of hydrogen-bond donors (Lipinski definition) is 0. The Hall–Kier alpha value is -0.840. The van der Waals surface area contributed by atoms with E-state index in [2.05, 4.69) is 27.8 Å². The minimum Gasteiger partial charge on any atom is -0.351 e. The lowest BCUT2D eigenvalue weighted by Gasteiger charge is -2.21. The van der Waals surface area contributed by atoms with E-state index in [4.69, 9.17) is 0 Å². The lowest BCUT2D eigenvalue weighted by Crippen LogP contribution is -2.34. The molecule has 4 nitrogen and oxygen atoms in total. The molecule has 0 aromatic carbocycles. The van der Waals surface area contributed by atoms with Gasteiger partial charge in [0.1, 0.15) is 0 Å². The second-order valence-corrected chi connectivity index (χ2v) is 4.49. The van der Waals surface area contributed by atoms with Crippen LogP contribution in [0.4, 0.5) is 5.82 Å². The van der Waals surface area contributed by atoms with E-state index >= 15 is 0 Å². The largest absolute Gasteiger partial charge is 0.351 e. The van der Waals surface area contributed by atoms with E-state index in [0.29, 0.717) is 5.82 Å². The summed E-state index contributed by atoms with van der Waals surface area (Å²) in [5, 5.41) is 0.844. The highest BCUT2D eigenvalue weighted by Crippen LogP contribution is 2.05. The molecule has 0 spiro atoms. The van der Waals surface area contributed by atoms with Gasteiger partial charge in [-0.1, -0.05) is 29.3 Å². The van der Waals surface area contributed by atoms with E-state index in [1.807, 2.05) is 4.90 Å². The van der Waals surface area contributed by atoms with Gasteiger partial charge in [-0.25, -0.2) is 4.98 Å². The Labute approximate surface area is 104 Å². The third-order valence-corrected chi connectivity index (χ3v) is 2.79. The molecule has 0 aliphatic carbocycles. The monoisotopic (exact) mass is 287 g/mol. The average molecular weight is 288 g/mol. The maximum Gasteiger partial charge on any atom is 0.293 e. The first kappa shape index (κ1) is 13.2. The Bertz CT molecular complexity index is 378. The standard InChI is InChI=1S/C11H18BrN3O/c1-3-4-7-15(8-5-12)10-11(16)14(2)9-6-13-10/h6,9H,3-5,7-8H2,1-2H3. The Morgan fingerprint density at radius 1 is 1.50 bits per heavy atom.